The van der Waals surface area contributed by atoms with Gasteiger partial charge < -0.3 is 18.9 Å². The number of methoxy groups -OCH3 is 1. The van der Waals surface area contributed by atoms with Crippen LogP contribution in [0.1, 0.15) is 29.7 Å². The van der Waals surface area contributed by atoms with Crippen LogP contribution in [0.4, 0.5) is 0 Å². The Labute approximate surface area is 192 Å². The molecule has 0 aliphatic carbocycles. The van der Waals surface area contributed by atoms with E-state index < -0.39 is 0 Å². The lowest BCUT2D eigenvalue weighted by atomic mass is 10.1. The molecule has 1 atom stereocenters. The van der Waals surface area contributed by atoms with E-state index in [2.05, 4.69) is 9.55 Å². The molecule has 0 unspecified atom stereocenters. The maximum atomic E-state index is 13.2. The predicted molar refractivity (Wildman–Crippen MR) is 127 cm³/mol. The van der Waals surface area contributed by atoms with Crippen molar-refractivity contribution >= 4 is 17.1 Å². The van der Waals surface area contributed by atoms with Crippen molar-refractivity contribution in [3.8, 4) is 22.9 Å². The number of ether oxygens (including phenoxy) is 2. The number of hydrogen-bond donors (Lipinski definition) is 0. The van der Waals surface area contributed by atoms with E-state index in [1.54, 1.807) is 13.3 Å². The second-order valence-corrected chi connectivity index (χ2v) is 8.03. The second kappa shape index (κ2) is 8.94. The zero-order valence-corrected chi connectivity index (χ0v) is 18.8. The Bertz CT molecular complexity index is 1270. The van der Waals surface area contributed by atoms with Gasteiger partial charge in [0.2, 0.25) is 0 Å². The highest BCUT2D eigenvalue weighted by Crippen LogP contribution is 2.33. The number of carbonyl (C=O) groups excluding carboxylic acids is 1. The molecule has 4 aromatic rings. The zero-order valence-electron chi connectivity index (χ0n) is 18.8. The molecule has 5 rings (SSSR count). The molecule has 0 saturated carbocycles. The summed E-state index contributed by atoms with van der Waals surface area (Å²) in [6.07, 6.45) is 2.63. The van der Waals surface area contributed by atoms with Crippen molar-refractivity contribution in [3.05, 3.63) is 72.4 Å². The van der Waals surface area contributed by atoms with Crippen LogP contribution in [0.2, 0.25) is 0 Å². The van der Waals surface area contributed by atoms with Crippen LogP contribution in [0, 0.1) is 0 Å². The topological polar surface area (TPSA) is 69.5 Å². The number of pyridine rings is 1. The van der Waals surface area contributed by atoms with E-state index in [0.29, 0.717) is 25.3 Å². The molecule has 2 aromatic heterocycles. The molecule has 0 bridgehead atoms. The van der Waals surface area contributed by atoms with Crippen molar-refractivity contribution in [2.24, 2.45) is 0 Å². The molecule has 1 amide bonds. The summed E-state index contributed by atoms with van der Waals surface area (Å²) in [5, 5.41) is 0. The van der Waals surface area contributed by atoms with Crippen LogP contribution in [-0.2, 0) is 0 Å². The number of amides is 1. The van der Waals surface area contributed by atoms with Gasteiger partial charge in [-0.2, -0.15) is 0 Å². The summed E-state index contributed by atoms with van der Waals surface area (Å²) in [4.78, 5) is 24.6. The fourth-order valence-corrected chi connectivity index (χ4v) is 4.40. The molecule has 7 heteroatoms. The average molecular weight is 443 g/mol. The number of rotatable bonds is 6. The van der Waals surface area contributed by atoms with Gasteiger partial charge in [0, 0.05) is 30.4 Å². The van der Waals surface area contributed by atoms with Crippen LogP contribution in [-0.4, -0.2) is 52.1 Å². The number of benzene rings is 2. The molecular formula is C26H26N4O3. The maximum Gasteiger partial charge on any atom is 0.253 e. The van der Waals surface area contributed by atoms with Gasteiger partial charge in [-0.3, -0.25) is 4.79 Å². The largest absolute Gasteiger partial charge is 0.497 e. The molecule has 168 valence electrons. The minimum Gasteiger partial charge on any atom is -0.497 e. The van der Waals surface area contributed by atoms with E-state index in [4.69, 9.17) is 14.5 Å². The monoisotopic (exact) mass is 442 g/mol. The number of nitrogens with zero attached hydrogens (tertiary/aromatic N) is 4. The lowest BCUT2D eigenvalue weighted by Gasteiger charge is -2.19. The maximum absolute atomic E-state index is 13.2. The Kier molecular flexibility index (Phi) is 5.69. The third kappa shape index (κ3) is 4.02. The predicted octanol–water partition coefficient (Wildman–Crippen LogP) is 4.59. The minimum absolute atomic E-state index is 0.0314. The van der Waals surface area contributed by atoms with Crippen LogP contribution in [0.3, 0.4) is 0 Å². The SMILES string of the molecule is CCOc1ccc(C(=O)N2CC[C@@H](n3c(-c4ccc(OC)cc4)nc4cccnc43)C2)cc1. The molecule has 3 heterocycles. The van der Waals surface area contributed by atoms with Crippen molar-refractivity contribution in [1.82, 2.24) is 19.4 Å². The number of fused-ring (bicyclic) bond motifs is 1. The summed E-state index contributed by atoms with van der Waals surface area (Å²) in [6, 6.07) is 19.2. The summed E-state index contributed by atoms with van der Waals surface area (Å²) < 4.78 is 13.0. The minimum atomic E-state index is 0.0314. The van der Waals surface area contributed by atoms with Gasteiger partial charge in [-0.05, 0) is 74.0 Å². The van der Waals surface area contributed by atoms with Crippen LogP contribution < -0.4 is 9.47 Å². The third-order valence-electron chi connectivity index (χ3n) is 6.03. The summed E-state index contributed by atoms with van der Waals surface area (Å²) in [5.41, 5.74) is 3.34. The Morgan fingerprint density at radius 2 is 1.82 bits per heavy atom. The van der Waals surface area contributed by atoms with E-state index >= 15 is 0 Å². The van der Waals surface area contributed by atoms with Crippen molar-refractivity contribution in [2.45, 2.75) is 19.4 Å². The first-order chi connectivity index (χ1) is 16.2. The van der Waals surface area contributed by atoms with Gasteiger partial charge in [-0.15, -0.1) is 0 Å². The summed E-state index contributed by atoms with van der Waals surface area (Å²) in [5.74, 6) is 2.46. The highest BCUT2D eigenvalue weighted by atomic mass is 16.5. The van der Waals surface area contributed by atoms with Crippen LogP contribution >= 0.6 is 0 Å². The first kappa shape index (κ1) is 21.0. The Hall–Kier alpha value is -3.87. The fourth-order valence-electron chi connectivity index (χ4n) is 4.40. The van der Waals surface area contributed by atoms with E-state index in [-0.39, 0.29) is 11.9 Å². The van der Waals surface area contributed by atoms with Gasteiger partial charge in [0.1, 0.15) is 22.8 Å². The van der Waals surface area contributed by atoms with Crippen LogP contribution in [0.5, 0.6) is 11.5 Å². The lowest BCUT2D eigenvalue weighted by Crippen LogP contribution is -2.29. The summed E-state index contributed by atoms with van der Waals surface area (Å²) >= 11 is 0. The molecular weight excluding hydrogens is 416 g/mol. The van der Waals surface area contributed by atoms with Crippen molar-refractivity contribution in [1.29, 1.82) is 0 Å². The summed E-state index contributed by atoms with van der Waals surface area (Å²) in [6.45, 7) is 3.84. The van der Waals surface area contributed by atoms with Gasteiger partial charge in [-0.25, -0.2) is 9.97 Å². The highest BCUT2D eigenvalue weighted by molar-refractivity contribution is 5.94. The Morgan fingerprint density at radius 1 is 1.06 bits per heavy atom. The van der Waals surface area contributed by atoms with Gasteiger partial charge >= 0.3 is 0 Å². The number of hydrogen-bond acceptors (Lipinski definition) is 5. The van der Waals surface area contributed by atoms with E-state index in [1.165, 1.54) is 0 Å². The quantitative estimate of drug-likeness (QED) is 0.437. The van der Waals surface area contributed by atoms with Gasteiger partial charge in [-0.1, -0.05) is 0 Å². The Morgan fingerprint density at radius 3 is 2.55 bits per heavy atom. The number of imidazole rings is 1. The first-order valence-electron chi connectivity index (χ1n) is 11.2. The molecule has 1 fully saturated rings. The number of aromatic nitrogens is 3. The number of carbonyl (C=O) groups is 1. The third-order valence-corrected chi connectivity index (χ3v) is 6.03. The normalized spacial score (nSPS) is 15.7. The molecule has 1 saturated heterocycles. The number of likely N-dealkylation sites (tertiary alicyclic amines) is 1. The van der Waals surface area contributed by atoms with Crippen molar-refractivity contribution in [3.63, 3.8) is 0 Å². The molecule has 1 aliphatic heterocycles. The second-order valence-electron chi connectivity index (χ2n) is 8.03. The Balaban J connectivity index is 1.44. The van der Waals surface area contributed by atoms with Gasteiger partial charge in [0.25, 0.3) is 5.91 Å². The van der Waals surface area contributed by atoms with Gasteiger partial charge in [0.15, 0.2) is 5.65 Å². The van der Waals surface area contributed by atoms with E-state index in [0.717, 1.165) is 40.5 Å². The lowest BCUT2D eigenvalue weighted by molar-refractivity contribution is 0.0788. The van der Waals surface area contributed by atoms with E-state index in [1.807, 2.05) is 72.5 Å². The molecule has 33 heavy (non-hydrogen) atoms. The smallest absolute Gasteiger partial charge is 0.253 e. The van der Waals surface area contributed by atoms with Gasteiger partial charge in [0.05, 0.1) is 19.8 Å². The molecule has 2 aromatic carbocycles. The standard InChI is InChI=1S/C26H26N4O3/c1-3-33-22-12-8-19(9-13-22)26(31)29-16-14-20(17-29)30-24(18-6-10-21(32-2)11-7-18)28-23-5-4-15-27-25(23)30/h4-13,15,20H,3,14,16-17H2,1-2H3/t20-/m1/s1. The van der Waals surface area contributed by atoms with Crippen LogP contribution in [0.15, 0.2) is 66.9 Å². The fraction of sp³-hybridized carbons (Fsp3) is 0.269. The molecule has 0 spiro atoms. The molecule has 7 nitrogen and oxygen atoms in total. The molecule has 0 N–H and O–H groups in total. The van der Waals surface area contributed by atoms with Crippen molar-refractivity contribution in [2.75, 3.05) is 26.8 Å². The molecule has 0 radical (unpaired) electrons. The first-order valence-corrected chi connectivity index (χ1v) is 11.2. The zero-order chi connectivity index (χ0) is 22.8. The molecule has 1 aliphatic rings. The highest BCUT2D eigenvalue weighted by Gasteiger charge is 2.31. The van der Waals surface area contributed by atoms with Crippen molar-refractivity contribution < 1.29 is 14.3 Å². The summed E-state index contributed by atoms with van der Waals surface area (Å²) in [7, 11) is 1.66. The van der Waals surface area contributed by atoms with Crippen LogP contribution in [0.25, 0.3) is 22.6 Å². The average Bonchev–Trinajstić information content (AvgIpc) is 3.49. The van der Waals surface area contributed by atoms with E-state index in [9.17, 15) is 4.79 Å².